The summed E-state index contributed by atoms with van der Waals surface area (Å²) in [4.78, 5) is 0. The molecule has 0 radical (unpaired) electrons. The minimum absolute atomic E-state index is 0.448. The normalized spacial score (nSPS) is 10.8. The van der Waals surface area contributed by atoms with Gasteiger partial charge in [0, 0.05) is 18.2 Å². The first-order chi connectivity index (χ1) is 9.36. The molecule has 0 amide bonds. The molecule has 0 saturated heterocycles. The van der Waals surface area contributed by atoms with E-state index in [0.717, 1.165) is 17.9 Å². The van der Waals surface area contributed by atoms with Gasteiger partial charge in [-0.2, -0.15) is 0 Å². The summed E-state index contributed by atoms with van der Waals surface area (Å²) in [6.07, 6.45) is 0. The standard InChI is InChI=1S/C12H12N6O/c1-13-8-9-4-2-3-5-10(9)19-12-7-6-11-14-16-17-18(11)15-12/h2-7,13H,8H2,1H3. The van der Waals surface area contributed by atoms with Crippen LogP contribution >= 0.6 is 0 Å². The Bertz CT molecular complexity index is 695. The molecule has 0 unspecified atom stereocenters. The van der Waals surface area contributed by atoms with Crippen LogP contribution in [-0.4, -0.2) is 32.3 Å². The molecule has 0 aliphatic rings. The van der Waals surface area contributed by atoms with Gasteiger partial charge in [0.05, 0.1) is 0 Å². The van der Waals surface area contributed by atoms with Gasteiger partial charge >= 0.3 is 0 Å². The van der Waals surface area contributed by atoms with Gasteiger partial charge in [-0.05, 0) is 29.6 Å². The molecule has 1 N–H and O–H groups in total. The lowest BCUT2D eigenvalue weighted by Gasteiger charge is -2.09. The first kappa shape index (κ1) is 11.5. The zero-order valence-corrected chi connectivity index (χ0v) is 10.3. The van der Waals surface area contributed by atoms with Crippen molar-refractivity contribution < 1.29 is 4.74 Å². The van der Waals surface area contributed by atoms with Crippen molar-refractivity contribution in [1.29, 1.82) is 0 Å². The van der Waals surface area contributed by atoms with E-state index in [4.69, 9.17) is 4.74 Å². The van der Waals surface area contributed by atoms with Gasteiger partial charge in [-0.25, -0.2) is 0 Å². The van der Waals surface area contributed by atoms with Crippen LogP contribution in [0, 0.1) is 0 Å². The third kappa shape index (κ3) is 2.36. The number of aromatic nitrogens is 5. The fourth-order valence-corrected chi connectivity index (χ4v) is 1.74. The van der Waals surface area contributed by atoms with E-state index >= 15 is 0 Å². The minimum Gasteiger partial charge on any atom is -0.437 e. The number of fused-ring (bicyclic) bond motifs is 1. The Hall–Kier alpha value is -2.54. The van der Waals surface area contributed by atoms with E-state index in [1.54, 1.807) is 12.1 Å². The molecule has 7 nitrogen and oxygen atoms in total. The summed E-state index contributed by atoms with van der Waals surface area (Å²) >= 11 is 0. The first-order valence-electron chi connectivity index (χ1n) is 5.82. The molecule has 7 heteroatoms. The molecule has 3 aromatic rings. The maximum absolute atomic E-state index is 5.77. The molecule has 2 aromatic heterocycles. The van der Waals surface area contributed by atoms with Crippen LogP contribution in [0.1, 0.15) is 5.56 Å². The molecule has 96 valence electrons. The van der Waals surface area contributed by atoms with Gasteiger partial charge in [-0.1, -0.05) is 18.2 Å². The van der Waals surface area contributed by atoms with Gasteiger partial charge in [0.2, 0.25) is 5.88 Å². The lowest BCUT2D eigenvalue weighted by molar-refractivity contribution is 0.440. The number of para-hydroxylation sites is 1. The predicted molar refractivity (Wildman–Crippen MR) is 67.9 cm³/mol. The molecule has 0 atom stereocenters. The van der Waals surface area contributed by atoms with E-state index in [1.807, 2.05) is 31.3 Å². The third-order valence-corrected chi connectivity index (χ3v) is 2.60. The van der Waals surface area contributed by atoms with Crippen LogP contribution in [0.3, 0.4) is 0 Å². The van der Waals surface area contributed by atoms with Crippen molar-refractivity contribution >= 4 is 5.65 Å². The van der Waals surface area contributed by atoms with Gasteiger partial charge in [0.15, 0.2) is 5.65 Å². The molecular weight excluding hydrogens is 244 g/mol. The van der Waals surface area contributed by atoms with Gasteiger partial charge in [0.1, 0.15) is 5.75 Å². The molecule has 0 aliphatic carbocycles. The summed E-state index contributed by atoms with van der Waals surface area (Å²) in [5, 5.41) is 18.3. The predicted octanol–water partition coefficient (Wildman–Crippen LogP) is 1.03. The largest absolute Gasteiger partial charge is 0.437 e. The number of hydrogen-bond acceptors (Lipinski definition) is 6. The van der Waals surface area contributed by atoms with E-state index in [9.17, 15) is 0 Å². The molecule has 1 aromatic carbocycles. The molecule has 19 heavy (non-hydrogen) atoms. The second-order valence-corrected chi connectivity index (χ2v) is 3.94. The highest BCUT2D eigenvalue weighted by Crippen LogP contribution is 2.23. The van der Waals surface area contributed by atoms with Crippen molar-refractivity contribution in [2.24, 2.45) is 0 Å². The highest BCUT2D eigenvalue weighted by molar-refractivity contribution is 5.38. The lowest BCUT2D eigenvalue weighted by Crippen LogP contribution is -2.06. The summed E-state index contributed by atoms with van der Waals surface area (Å²) in [6.45, 7) is 0.725. The molecule has 0 spiro atoms. The van der Waals surface area contributed by atoms with Gasteiger partial charge in [-0.15, -0.1) is 14.8 Å². The quantitative estimate of drug-likeness (QED) is 0.751. The second-order valence-electron chi connectivity index (χ2n) is 3.94. The Morgan fingerprint density at radius 1 is 1.21 bits per heavy atom. The van der Waals surface area contributed by atoms with Crippen molar-refractivity contribution in [1.82, 2.24) is 30.6 Å². The van der Waals surface area contributed by atoms with E-state index < -0.39 is 0 Å². The van der Waals surface area contributed by atoms with Crippen molar-refractivity contribution in [3.8, 4) is 11.6 Å². The third-order valence-electron chi connectivity index (χ3n) is 2.60. The van der Waals surface area contributed by atoms with E-state index in [1.165, 1.54) is 4.63 Å². The molecule has 3 rings (SSSR count). The highest BCUT2D eigenvalue weighted by Gasteiger charge is 2.06. The Kier molecular flexibility index (Phi) is 3.03. The van der Waals surface area contributed by atoms with Crippen LogP contribution in [0.5, 0.6) is 11.6 Å². The zero-order chi connectivity index (χ0) is 13.1. The summed E-state index contributed by atoms with van der Waals surface area (Å²) in [6, 6.07) is 11.3. The number of ether oxygens (including phenoxy) is 1. The summed E-state index contributed by atoms with van der Waals surface area (Å²) in [5.41, 5.74) is 1.64. The first-order valence-corrected chi connectivity index (χ1v) is 5.82. The molecule has 0 fully saturated rings. The summed E-state index contributed by atoms with van der Waals surface area (Å²) in [5.74, 6) is 1.21. The van der Waals surface area contributed by atoms with Crippen molar-refractivity contribution in [3.05, 3.63) is 42.0 Å². The highest BCUT2D eigenvalue weighted by atomic mass is 16.5. The fourth-order valence-electron chi connectivity index (χ4n) is 1.74. The number of nitrogens with zero attached hydrogens (tertiary/aromatic N) is 5. The number of tetrazole rings is 1. The van der Waals surface area contributed by atoms with Crippen LogP contribution < -0.4 is 10.1 Å². The van der Waals surface area contributed by atoms with Gasteiger partial charge < -0.3 is 10.1 Å². The van der Waals surface area contributed by atoms with Crippen molar-refractivity contribution in [2.45, 2.75) is 6.54 Å². The molecular formula is C12H12N6O. The van der Waals surface area contributed by atoms with E-state index in [2.05, 4.69) is 25.9 Å². The van der Waals surface area contributed by atoms with Crippen molar-refractivity contribution in [2.75, 3.05) is 7.05 Å². The maximum atomic E-state index is 5.77. The van der Waals surface area contributed by atoms with Crippen LogP contribution in [0.4, 0.5) is 0 Å². The Labute approximate surface area is 109 Å². The van der Waals surface area contributed by atoms with Gasteiger partial charge in [-0.3, -0.25) is 0 Å². The molecule has 2 heterocycles. The minimum atomic E-state index is 0.448. The number of rotatable bonds is 4. The number of nitrogens with one attached hydrogen (secondary N) is 1. The molecule has 0 aliphatic heterocycles. The number of hydrogen-bond donors (Lipinski definition) is 1. The Morgan fingerprint density at radius 3 is 3.00 bits per heavy atom. The average molecular weight is 256 g/mol. The zero-order valence-electron chi connectivity index (χ0n) is 10.3. The topological polar surface area (TPSA) is 77.2 Å². The van der Waals surface area contributed by atoms with Crippen LogP contribution in [0.15, 0.2) is 36.4 Å². The molecule has 0 bridgehead atoms. The smallest absolute Gasteiger partial charge is 0.239 e. The fraction of sp³-hybridized carbons (Fsp3) is 0.167. The SMILES string of the molecule is CNCc1ccccc1Oc1ccc2nnnn2n1. The van der Waals surface area contributed by atoms with Crippen LogP contribution in [0.25, 0.3) is 5.65 Å². The van der Waals surface area contributed by atoms with Gasteiger partial charge in [0.25, 0.3) is 0 Å². The van der Waals surface area contributed by atoms with E-state index in [-0.39, 0.29) is 0 Å². The number of benzene rings is 1. The van der Waals surface area contributed by atoms with Crippen molar-refractivity contribution in [3.63, 3.8) is 0 Å². The Morgan fingerprint density at radius 2 is 2.11 bits per heavy atom. The molecule has 0 saturated carbocycles. The average Bonchev–Trinajstić information content (AvgIpc) is 2.89. The monoisotopic (exact) mass is 256 g/mol. The maximum Gasteiger partial charge on any atom is 0.239 e. The summed E-state index contributed by atoms with van der Waals surface area (Å²) < 4.78 is 7.10. The van der Waals surface area contributed by atoms with Crippen LogP contribution in [0.2, 0.25) is 0 Å². The van der Waals surface area contributed by atoms with E-state index in [0.29, 0.717) is 11.5 Å². The Balaban J connectivity index is 1.91. The lowest BCUT2D eigenvalue weighted by atomic mass is 10.2. The summed E-state index contributed by atoms with van der Waals surface area (Å²) in [7, 11) is 1.89. The van der Waals surface area contributed by atoms with Crippen LogP contribution in [-0.2, 0) is 6.54 Å². The second kappa shape index (κ2) is 4.99.